The third kappa shape index (κ3) is 11.4. The van der Waals surface area contributed by atoms with Crippen molar-refractivity contribution in [3.05, 3.63) is 59.7 Å². The van der Waals surface area contributed by atoms with Gasteiger partial charge in [-0.05, 0) is 48.9 Å². The van der Waals surface area contributed by atoms with E-state index in [0.29, 0.717) is 18.9 Å². The first-order valence-corrected chi connectivity index (χ1v) is 13.6. The summed E-state index contributed by atoms with van der Waals surface area (Å²) >= 11 is 1.75. The summed E-state index contributed by atoms with van der Waals surface area (Å²) in [4.78, 5) is 25.7. The highest BCUT2D eigenvalue weighted by molar-refractivity contribution is 7.99. The van der Waals surface area contributed by atoms with Crippen LogP contribution in [-0.2, 0) is 16.0 Å². The van der Waals surface area contributed by atoms with E-state index in [1.165, 1.54) is 6.07 Å². The first kappa shape index (κ1) is 30.4. The van der Waals surface area contributed by atoms with Gasteiger partial charge in [0.2, 0.25) is 0 Å². The molecule has 37 heavy (non-hydrogen) atoms. The predicted octanol–water partition coefficient (Wildman–Crippen LogP) is 5.83. The zero-order chi connectivity index (χ0) is 27.0. The van der Waals surface area contributed by atoms with Gasteiger partial charge in [0.15, 0.2) is 6.10 Å². The molecule has 1 atom stereocenters. The van der Waals surface area contributed by atoms with Crippen LogP contribution in [0.2, 0.25) is 0 Å². The lowest BCUT2D eigenvalue weighted by Crippen LogP contribution is -2.39. The van der Waals surface area contributed by atoms with E-state index < -0.39 is 29.7 Å². The number of anilines is 1. The minimum Gasteiger partial charge on any atom is -0.492 e. The van der Waals surface area contributed by atoms with Crippen LogP contribution in [0.3, 0.4) is 0 Å². The van der Waals surface area contributed by atoms with Gasteiger partial charge >= 0.3 is 12.0 Å². The predicted molar refractivity (Wildman–Crippen MR) is 142 cm³/mol. The number of carboxylic acid groups (broad SMARTS) is 1. The number of ether oxygens (including phenoxy) is 2. The molecule has 7 nitrogen and oxygen atoms in total. The molecule has 0 radical (unpaired) electrons. The summed E-state index contributed by atoms with van der Waals surface area (Å²) < 4.78 is 38.3. The number of carbonyl (C=O) groups is 2. The van der Waals surface area contributed by atoms with Gasteiger partial charge in [0.05, 0.1) is 12.2 Å². The normalized spacial score (nSPS) is 11.7. The Hall–Kier alpha value is -2.85. The second kappa shape index (κ2) is 16.8. The molecule has 0 saturated carbocycles. The molecule has 2 amide bonds. The summed E-state index contributed by atoms with van der Waals surface area (Å²) in [7, 11) is 0. The lowest BCUT2D eigenvalue weighted by atomic mass is 10.1. The van der Waals surface area contributed by atoms with Crippen molar-refractivity contribution in [3.8, 4) is 5.75 Å². The van der Waals surface area contributed by atoms with E-state index in [-0.39, 0.29) is 25.3 Å². The van der Waals surface area contributed by atoms with Gasteiger partial charge in [-0.15, -0.1) is 0 Å². The smallest absolute Gasteiger partial charge is 0.333 e. The summed E-state index contributed by atoms with van der Waals surface area (Å²) in [5.74, 6) is -0.261. The number of thioether (sulfide) groups is 1. The Morgan fingerprint density at radius 1 is 1.05 bits per heavy atom. The highest BCUT2D eigenvalue weighted by Crippen LogP contribution is 2.17. The van der Waals surface area contributed by atoms with Crippen LogP contribution in [0.15, 0.2) is 42.5 Å². The number of rotatable bonds is 17. The van der Waals surface area contributed by atoms with Crippen molar-refractivity contribution in [2.75, 3.05) is 43.1 Å². The summed E-state index contributed by atoms with van der Waals surface area (Å²) in [6.45, 7) is 5.12. The molecule has 0 aliphatic carbocycles. The van der Waals surface area contributed by atoms with Gasteiger partial charge in [0, 0.05) is 31.4 Å². The maximum absolute atomic E-state index is 14.0. The average Bonchev–Trinajstić information content (AvgIpc) is 2.87. The van der Waals surface area contributed by atoms with Gasteiger partial charge in [-0.1, -0.05) is 31.9 Å². The van der Waals surface area contributed by atoms with Crippen molar-refractivity contribution in [2.45, 2.75) is 45.6 Å². The molecule has 0 heterocycles. The molecule has 2 aromatic carbocycles. The van der Waals surface area contributed by atoms with E-state index >= 15 is 0 Å². The monoisotopic (exact) mass is 538 g/mol. The van der Waals surface area contributed by atoms with Crippen LogP contribution in [0.4, 0.5) is 19.3 Å². The molecule has 0 spiro atoms. The highest BCUT2D eigenvalue weighted by Gasteiger charge is 2.18. The topological polar surface area (TPSA) is 88.1 Å². The molecule has 0 aliphatic rings. The second-order valence-electron chi connectivity index (χ2n) is 8.34. The number of hydrogen-bond acceptors (Lipinski definition) is 5. The van der Waals surface area contributed by atoms with Crippen molar-refractivity contribution < 1.29 is 33.0 Å². The Bertz CT molecular complexity index is 978. The standard InChI is InChI=1S/C27H36F2N2O5S/c1-3-5-6-16-37-17-14-31(27(34)30-24-12-9-21(28)19-23(24)29)13-15-36-22-10-7-20(8-11-22)18-25(26(32)33)35-4-2/h7-12,19,25H,3-6,13-18H2,1-2H3,(H,30,34)(H,32,33). The maximum atomic E-state index is 14.0. The molecule has 2 N–H and O–H groups in total. The molecule has 2 aromatic rings. The molecule has 10 heteroatoms. The number of unbranched alkanes of at least 4 members (excludes halogenated alkanes) is 2. The number of amides is 2. The number of carboxylic acids is 1. The molecule has 0 fully saturated rings. The Kier molecular flexibility index (Phi) is 13.8. The Balaban J connectivity index is 1.92. The fourth-order valence-electron chi connectivity index (χ4n) is 3.46. The highest BCUT2D eigenvalue weighted by atomic mass is 32.2. The molecule has 0 saturated heterocycles. The van der Waals surface area contributed by atoms with Gasteiger partial charge in [-0.3, -0.25) is 0 Å². The Morgan fingerprint density at radius 3 is 2.46 bits per heavy atom. The van der Waals surface area contributed by atoms with E-state index in [1.807, 2.05) is 0 Å². The van der Waals surface area contributed by atoms with E-state index in [2.05, 4.69) is 12.2 Å². The van der Waals surface area contributed by atoms with E-state index in [4.69, 9.17) is 9.47 Å². The van der Waals surface area contributed by atoms with Crippen LogP contribution in [0.1, 0.15) is 38.7 Å². The number of carbonyl (C=O) groups excluding carboxylic acids is 1. The van der Waals surface area contributed by atoms with Crippen molar-refractivity contribution in [3.63, 3.8) is 0 Å². The minimum absolute atomic E-state index is 0.0878. The Labute approximate surface area is 221 Å². The van der Waals surface area contributed by atoms with Crippen LogP contribution in [0.5, 0.6) is 5.75 Å². The summed E-state index contributed by atoms with van der Waals surface area (Å²) in [5.41, 5.74) is 0.714. The van der Waals surface area contributed by atoms with Crippen LogP contribution >= 0.6 is 11.8 Å². The van der Waals surface area contributed by atoms with Gasteiger partial charge < -0.3 is 24.8 Å². The van der Waals surface area contributed by atoms with Gasteiger partial charge in [-0.2, -0.15) is 11.8 Å². The first-order valence-electron chi connectivity index (χ1n) is 12.5. The fraction of sp³-hybridized carbons (Fsp3) is 0.481. The Morgan fingerprint density at radius 2 is 1.81 bits per heavy atom. The lowest BCUT2D eigenvalue weighted by molar-refractivity contribution is -0.149. The number of hydrogen-bond donors (Lipinski definition) is 2. The molecule has 0 bridgehead atoms. The number of halogens is 2. The third-order valence-corrected chi connectivity index (χ3v) is 6.52. The minimum atomic E-state index is -1.01. The maximum Gasteiger partial charge on any atom is 0.333 e. The van der Waals surface area contributed by atoms with Crippen LogP contribution in [0, 0.1) is 11.6 Å². The average molecular weight is 539 g/mol. The van der Waals surface area contributed by atoms with E-state index in [9.17, 15) is 23.5 Å². The molecular formula is C27H36F2N2O5S. The first-order chi connectivity index (χ1) is 17.8. The largest absolute Gasteiger partial charge is 0.492 e. The van der Waals surface area contributed by atoms with Crippen LogP contribution in [0.25, 0.3) is 0 Å². The molecular weight excluding hydrogens is 502 g/mol. The van der Waals surface area contributed by atoms with E-state index in [1.54, 1.807) is 47.9 Å². The van der Waals surface area contributed by atoms with Gasteiger partial charge in [0.25, 0.3) is 0 Å². The van der Waals surface area contributed by atoms with Crippen LogP contribution in [-0.4, -0.2) is 65.9 Å². The number of benzene rings is 2. The van der Waals surface area contributed by atoms with E-state index in [0.717, 1.165) is 48.5 Å². The molecule has 1 unspecified atom stereocenters. The molecule has 2 rings (SSSR count). The van der Waals surface area contributed by atoms with Gasteiger partial charge in [0.1, 0.15) is 24.0 Å². The number of nitrogens with zero attached hydrogens (tertiary/aromatic N) is 1. The van der Waals surface area contributed by atoms with Crippen LogP contribution < -0.4 is 10.1 Å². The van der Waals surface area contributed by atoms with Crippen molar-refractivity contribution >= 4 is 29.4 Å². The third-order valence-electron chi connectivity index (χ3n) is 5.48. The molecule has 0 aliphatic heterocycles. The summed E-state index contributed by atoms with van der Waals surface area (Å²) in [6.07, 6.45) is 2.76. The number of aliphatic carboxylic acids is 1. The second-order valence-corrected chi connectivity index (χ2v) is 9.56. The summed E-state index contributed by atoms with van der Waals surface area (Å²) in [5, 5.41) is 11.8. The number of urea groups is 1. The zero-order valence-electron chi connectivity index (χ0n) is 21.4. The molecule has 204 valence electrons. The number of nitrogens with one attached hydrogen (secondary N) is 1. The van der Waals surface area contributed by atoms with Crippen molar-refractivity contribution in [1.29, 1.82) is 0 Å². The fourth-order valence-corrected chi connectivity index (χ4v) is 4.42. The van der Waals surface area contributed by atoms with Crippen molar-refractivity contribution in [1.82, 2.24) is 4.90 Å². The van der Waals surface area contributed by atoms with Gasteiger partial charge in [-0.25, -0.2) is 18.4 Å². The molecule has 0 aromatic heterocycles. The summed E-state index contributed by atoms with van der Waals surface area (Å²) in [6, 6.07) is 9.55. The lowest BCUT2D eigenvalue weighted by Gasteiger charge is -2.23. The van der Waals surface area contributed by atoms with Crippen molar-refractivity contribution in [2.24, 2.45) is 0 Å². The zero-order valence-corrected chi connectivity index (χ0v) is 22.2. The SMILES string of the molecule is CCCCCSCCN(CCOc1ccc(CC(OCC)C(=O)O)cc1)C(=O)Nc1ccc(F)cc1F. The quantitative estimate of drug-likeness (QED) is 0.246.